The number of nitrogens with one attached hydrogen (secondary N) is 2. The van der Waals surface area contributed by atoms with E-state index in [0.717, 1.165) is 37.1 Å². The van der Waals surface area contributed by atoms with Crippen LogP contribution in [0.3, 0.4) is 0 Å². The number of piperidine rings is 1. The molecule has 1 aliphatic heterocycles. The fourth-order valence-corrected chi connectivity index (χ4v) is 2.73. The number of carboxylic acids is 1. The van der Waals surface area contributed by atoms with Crippen LogP contribution in [0.25, 0.3) is 0 Å². The molecule has 1 atom stereocenters. The summed E-state index contributed by atoms with van der Waals surface area (Å²) < 4.78 is 0. The number of carboxylic acid groups (broad SMARTS) is 1. The van der Waals surface area contributed by atoms with Gasteiger partial charge < -0.3 is 15.7 Å². The van der Waals surface area contributed by atoms with Crippen LogP contribution >= 0.6 is 0 Å². The Hall–Kier alpha value is -1.88. The lowest BCUT2D eigenvalue weighted by Crippen LogP contribution is -2.32. The molecule has 1 fully saturated rings. The van der Waals surface area contributed by atoms with Crippen LogP contribution in [0.1, 0.15) is 40.7 Å². The molecule has 1 aromatic rings. The van der Waals surface area contributed by atoms with Crippen molar-refractivity contribution in [3.05, 3.63) is 28.8 Å². The second-order valence-corrected chi connectivity index (χ2v) is 5.74. The third-order valence-electron chi connectivity index (χ3n) is 4.05. The molecule has 1 aromatic carbocycles. The van der Waals surface area contributed by atoms with Gasteiger partial charge in [0.15, 0.2) is 0 Å². The summed E-state index contributed by atoms with van der Waals surface area (Å²) in [6.45, 7) is 5.53. The third-order valence-corrected chi connectivity index (χ3v) is 4.05. The lowest BCUT2D eigenvalue weighted by molar-refractivity contribution is -0.117. The maximum absolute atomic E-state index is 12.1. The minimum absolute atomic E-state index is 0.0525. The molecule has 0 spiro atoms. The van der Waals surface area contributed by atoms with Crippen molar-refractivity contribution in [3.8, 4) is 0 Å². The number of hydrogen-bond acceptors (Lipinski definition) is 3. The van der Waals surface area contributed by atoms with Crippen molar-refractivity contribution in [3.63, 3.8) is 0 Å². The first-order chi connectivity index (χ1) is 9.97. The van der Waals surface area contributed by atoms with Gasteiger partial charge in [-0.3, -0.25) is 4.79 Å². The van der Waals surface area contributed by atoms with Crippen molar-refractivity contribution in [1.82, 2.24) is 5.32 Å². The van der Waals surface area contributed by atoms with E-state index in [1.807, 2.05) is 13.0 Å². The number of carbonyl (C=O) groups is 2. The number of amides is 1. The van der Waals surface area contributed by atoms with Crippen LogP contribution in [-0.4, -0.2) is 30.1 Å². The van der Waals surface area contributed by atoms with Crippen LogP contribution in [0.15, 0.2) is 12.1 Å². The molecule has 114 valence electrons. The van der Waals surface area contributed by atoms with Crippen molar-refractivity contribution in [2.45, 2.75) is 33.1 Å². The predicted octanol–water partition coefficient (Wildman–Crippen LogP) is 2.33. The third kappa shape index (κ3) is 4.04. The fraction of sp³-hybridized carbons (Fsp3) is 0.500. The minimum atomic E-state index is -0.969. The van der Waals surface area contributed by atoms with Gasteiger partial charge in [-0.15, -0.1) is 0 Å². The van der Waals surface area contributed by atoms with Gasteiger partial charge >= 0.3 is 5.97 Å². The maximum Gasteiger partial charge on any atom is 0.336 e. The van der Waals surface area contributed by atoms with Crippen LogP contribution in [0.4, 0.5) is 5.69 Å². The highest BCUT2D eigenvalue weighted by atomic mass is 16.4. The first kappa shape index (κ1) is 15.5. The quantitative estimate of drug-likeness (QED) is 0.795. The highest BCUT2D eigenvalue weighted by molar-refractivity contribution is 5.95. The molecule has 2 rings (SSSR count). The number of aromatic carboxylic acids is 1. The Morgan fingerprint density at radius 1 is 1.38 bits per heavy atom. The number of aryl methyl sites for hydroxylation is 1. The summed E-state index contributed by atoms with van der Waals surface area (Å²) >= 11 is 0. The summed E-state index contributed by atoms with van der Waals surface area (Å²) in [7, 11) is 0. The molecule has 1 unspecified atom stereocenters. The van der Waals surface area contributed by atoms with Gasteiger partial charge in [0.1, 0.15) is 0 Å². The predicted molar refractivity (Wildman–Crippen MR) is 81.7 cm³/mol. The Morgan fingerprint density at radius 3 is 2.76 bits per heavy atom. The van der Waals surface area contributed by atoms with E-state index in [4.69, 9.17) is 0 Å². The lowest BCUT2D eigenvalue weighted by Gasteiger charge is -2.22. The van der Waals surface area contributed by atoms with E-state index in [9.17, 15) is 14.7 Å². The average Bonchev–Trinajstić information content (AvgIpc) is 2.43. The first-order valence-corrected chi connectivity index (χ1v) is 7.32. The molecule has 0 saturated carbocycles. The molecule has 0 bridgehead atoms. The Bertz CT molecular complexity index is 549. The standard InChI is InChI=1S/C16H22N2O3/c1-10-6-13(8-14(11(10)2)16(20)21)18-15(19)7-12-4-3-5-17-9-12/h6,8,12,17H,3-5,7,9H2,1-2H3,(H,18,19)(H,20,21). The zero-order chi connectivity index (χ0) is 15.4. The number of carbonyl (C=O) groups excluding carboxylic acids is 1. The summed E-state index contributed by atoms with van der Waals surface area (Å²) in [5.74, 6) is -0.657. The van der Waals surface area contributed by atoms with Gasteiger partial charge in [-0.1, -0.05) is 0 Å². The van der Waals surface area contributed by atoms with Gasteiger partial charge in [-0.05, 0) is 69.0 Å². The molecule has 1 amide bonds. The maximum atomic E-state index is 12.1. The molecule has 1 aliphatic rings. The molecule has 5 heteroatoms. The SMILES string of the molecule is Cc1cc(NC(=O)CC2CCCNC2)cc(C(=O)O)c1C. The molecule has 21 heavy (non-hydrogen) atoms. The van der Waals surface area contributed by atoms with E-state index in [1.54, 1.807) is 6.92 Å². The van der Waals surface area contributed by atoms with E-state index in [-0.39, 0.29) is 11.5 Å². The summed E-state index contributed by atoms with van der Waals surface area (Å²) in [4.78, 5) is 23.3. The smallest absolute Gasteiger partial charge is 0.336 e. The molecule has 0 radical (unpaired) electrons. The Morgan fingerprint density at radius 2 is 2.14 bits per heavy atom. The monoisotopic (exact) mass is 290 g/mol. The van der Waals surface area contributed by atoms with Gasteiger partial charge in [0, 0.05) is 12.1 Å². The zero-order valence-electron chi connectivity index (χ0n) is 12.5. The Labute approximate surface area is 124 Å². The number of benzene rings is 1. The van der Waals surface area contributed by atoms with Gasteiger partial charge in [0.2, 0.25) is 5.91 Å². The number of hydrogen-bond donors (Lipinski definition) is 3. The van der Waals surface area contributed by atoms with Gasteiger partial charge in [-0.2, -0.15) is 0 Å². The Kier molecular flexibility index (Phi) is 4.96. The van der Waals surface area contributed by atoms with Crippen LogP contribution in [0.5, 0.6) is 0 Å². The number of anilines is 1. The van der Waals surface area contributed by atoms with Gasteiger partial charge in [0.25, 0.3) is 0 Å². The lowest BCUT2D eigenvalue weighted by atomic mass is 9.96. The molecule has 1 heterocycles. The van der Waals surface area contributed by atoms with Crippen LogP contribution in [0.2, 0.25) is 0 Å². The molecule has 5 nitrogen and oxygen atoms in total. The van der Waals surface area contributed by atoms with Crippen molar-refractivity contribution in [2.24, 2.45) is 5.92 Å². The molecular formula is C16H22N2O3. The van der Waals surface area contributed by atoms with E-state index >= 15 is 0 Å². The fourth-order valence-electron chi connectivity index (χ4n) is 2.73. The Balaban J connectivity index is 2.05. The summed E-state index contributed by atoms with van der Waals surface area (Å²) in [6, 6.07) is 3.35. The molecule has 0 aromatic heterocycles. The van der Waals surface area contributed by atoms with Crippen molar-refractivity contribution >= 4 is 17.6 Å². The average molecular weight is 290 g/mol. The van der Waals surface area contributed by atoms with E-state index in [1.165, 1.54) is 6.07 Å². The van der Waals surface area contributed by atoms with Gasteiger partial charge in [-0.25, -0.2) is 4.79 Å². The zero-order valence-corrected chi connectivity index (χ0v) is 12.5. The van der Waals surface area contributed by atoms with Crippen molar-refractivity contribution in [2.75, 3.05) is 18.4 Å². The highest BCUT2D eigenvalue weighted by Gasteiger charge is 2.18. The second-order valence-electron chi connectivity index (χ2n) is 5.74. The molecule has 3 N–H and O–H groups in total. The van der Waals surface area contributed by atoms with E-state index < -0.39 is 5.97 Å². The summed E-state index contributed by atoms with van der Waals surface area (Å²) in [5, 5.41) is 15.3. The van der Waals surface area contributed by atoms with Crippen LogP contribution in [-0.2, 0) is 4.79 Å². The number of rotatable bonds is 4. The van der Waals surface area contributed by atoms with Crippen molar-refractivity contribution < 1.29 is 14.7 Å². The molecular weight excluding hydrogens is 268 g/mol. The first-order valence-electron chi connectivity index (χ1n) is 7.32. The van der Waals surface area contributed by atoms with Gasteiger partial charge in [0.05, 0.1) is 5.56 Å². The molecule has 0 aliphatic carbocycles. The topological polar surface area (TPSA) is 78.4 Å². The van der Waals surface area contributed by atoms with Crippen LogP contribution < -0.4 is 10.6 Å². The van der Waals surface area contributed by atoms with Crippen molar-refractivity contribution in [1.29, 1.82) is 0 Å². The van der Waals surface area contributed by atoms with Crippen LogP contribution in [0, 0.1) is 19.8 Å². The minimum Gasteiger partial charge on any atom is -0.478 e. The van der Waals surface area contributed by atoms with E-state index in [2.05, 4.69) is 10.6 Å². The molecule has 1 saturated heterocycles. The summed E-state index contributed by atoms with van der Waals surface area (Å²) in [6.07, 6.45) is 2.64. The highest BCUT2D eigenvalue weighted by Crippen LogP contribution is 2.21. The largest absolute Gasteiger partial charge is 0.478 e. The second kappa shape index (κ2) is 6.72. The van der Waals surface area contributed by atoms with E-state index in [0.29, 0.717) is 18.0 Å². The normalized spacial score (nSPS) is 18.3. The summed E-state index contributed by atoms with van der Waals surface area (Å²) in [5.41, 5.74) is 2.40.